The van der Waals surface area contributed by atoms with Crippen LogP contribution in [-0.2, 0) is 9.53 Å². The predicted molar refractivity (Wildman–Crippen MR) is 136 cm³/mol. The van der Waals surface area contributed by atoms with E-state index in [-0.39, 0.29) is 6.03 Å². The van der Waals surface area contributed by atoms with Gasteiger partial charge in [0.15, 0.2) is 6.04 Å². The van der Waals surface area contributed by atoms with Crippen LogP contribution >= 0.6 is 15.9 Å². The van der Waals surface area contributed by atoms with Gasteiger partial charge >= 0.3 is 12.0 Å². The van der Waals surface area contributed by atoms with Crippen LogP contribution in [0.5, 0.6) is 5.75 Å². The Morgan fingerprint density at radius 3 is 2.41 bits per heavy atom. The van der Waals surface area contributed by atoms with Gasteiger partial charge < -0.3 is 14.8 Å². The van der Waals surface area contributed by atoms with Crippen molar-refractivity contribution in [1.29, 1.82) is 0 Å². The third-order valence-corrected chi connectivity index (χ3v) is 6.34. The van der Waals surface area contributed by atoms with E-state index in [1.54, 1.807) is 4.90 Å². The Morgan fingerprint density at radius 1 is 1.03 bits per heavy atom. The minimum atomic E-state index is -0.874. The van der Waals surface area contributed by atoms with Gasteiger partial charge in [0.1, 0.15) is 5.75 Å². The topological polar surface area (TPSA) is 67.9 Å². The maximum atomic E-state index is 13.1. The Hall–Kier alpha value is -3.32. The van der Waals surface area contributed by atoms with E-state index in [0.717, 1.165) is 34.0 Å². The Balaban J connectivity index is 1.75. The van der Waals surface area contributed by atoms with Crippen LogP contribution in [0.3, 0.4) is 0 Å². The zero-order chi connectivity index (χ0) is 24.1. The fraction of sp³-hybridized carbons (Fsp3) is 0.259. The summed E-state index contributed by atoms with van der Waals surface area (Å²) in [5, 5.41) is 2.80. The van der Waals surface area contributed by atoms with Crippen molar-refractivity contribution in [3.63, 3.8) is 0 Å². The number of rotatable bonds is 8. The van der Waals surface area contributed by atoms with Crippen LogP contribution in [-0.4, -0.2) is 31.8 Å². The van der Waals surface area contributed by atoms with Crippen LogP contribution in [0, 0.1) is 0 Å². The number of halogens is 1. The summed E-state index contributed by atoms with van der Waals surface area (Å²) >= 11 is 3.51. The van der Waals surface area contributed by atoms with E-state index in [4.69, 9.17) is 9.47 Å². The molecule has 1 N–H and O–H groups in total. The van der Waals surface area contributed by atoms with Crippen molar-refractivity contribution in [2.24, 2.45) is 0 Å². The number of amides is 2. The molecule has 4 rings (SSSR count). The highest BCUT2D eigenvalue weighted by Crippen LogP contribution is 2.40. The molecule has 1 fully saturated rings. The molecule has 2 atom stereocenters. The average molecular weight is 523 g/mol. The van der Waals surface area contributed by atoms with E-state index in [0.29, 0.717) is 18.0 Å². The fourth-order valence-corrected chi connectivity index (χ4v) is 4.46. The van der Waals surface area contributed by atoms with Crippen LogP contribution in [0.25, 0.3) is 11.1 Å². The number of carbonyl (C=O) groups is 2. The van der Waals surface area contributed by atoms with Gasteiger partial charge in [-0.2, -0.15) is 0 Å². The van der Waals surface area contributed by atoms with Crippen LogP contribution in [0.4, 0.5) is 10.5 Å². The van der Waals surface area contributed by atoms with Gasteiger partial charge in [-0.05, 0) is 41.8 Å². The second-order valence-electron chi connectivity index (χ2n) is 8.06. The monoisotopic (exact) mass is 522 g/mol. The van der Waals surface area contributed by atoms with Gasteiger partial charge in [-0.1, -0.05) is 77.8 Å². The molecular formula is C27H27BrN2O4. The summed E-state index contributed by atoms with van der Waals surface area (Å²) in [4.78, 5) is 27.4. The highest BCUT2D eigenvalue weighted by molar-refractivity contribution is 9.10. The first-order valence-electron chi connectivity index (χ1n) is 11.3. The lowest BCUT2D eigenvalue weighted by Gasteiger charge is -2.28. The van der Waals surface area contributed by atoms with Crippen molar-refractivity contribution in [2.75, 3.05) is 18.6 Å². The first-order chi connectivity index (χ1) is 16.5. The minimum Gasteiger partial charge on any atom is -0.493 e. The van der Waals surface area contributed by atoms with Crippen molar-refractivity contribution in [3.05, 3.63) is 82.8 Å². The highest BCUT2D eigenvalue weighted by Gasteiger charge is 2.47. The van der Waals surface area contributed by atoms with Crippen LogP contribution < -0.4 is 15.0 Å². The van der Waals surface area contributed by atoms with Crippen molar-refractivity contribution in [3.8, 4) is 16.9 Å². The van der Waals surface area contributed by atoms with E-state index in [1.807, 2.05) is 72.8 Å². The summed E-state index contributed by atoms with van der Waals surface area (Å²) in [6.07, 6.45) is 1.90. The lowest BCUT2D eigenvalue weighted by molar-refractivity contribution is -0.142. The molecule has 0 radical (unpaired) electrons. The number of hydrogen-bond acceptors (Lipinski definition) is 4. The first kappa shape index (κ1) is 23.8. The number of hydrogen-bond donors (Lipinski definition) is 1. The molecule has 0 spiro atoms. The molecule has 1 aliphatic heterocycles. The quantitative estimate of drug-likeness (QED) is 0.286. The van der Waals surface area contributed by atoms with Gasteiger partial charge in [-0.3, -0.25) is 4.90 Å². The largest absolute Gasteiger partial charge is 0.493 e. The maximum Gasteiger partial charge on any atom is 0.330 e. The summed E-state index contributed by atoms with van der Waals surface area (Å²) in [7, 11) is 1.32. The lowest BCUT2D eigenvalue weighted by atomic mass is 9.97. The normalized spacial score (nSPS) is 17.4. The second kappa shape index (κ2) is 10.7. The number of nitrogens with zero attached hydrogens (tertiary/aromatic N) is 1. The lowest BCUT2D eigenvalue weighted by Crippen LogP contribution is -2.37. The minimum absolute atomic E-state index is 0.365. The van der Waals surface area contributed by atoms with Crippen LogP contribution in [0.15, 0.2) is 77.3 Å². The molecule has 0 aromatic heterocycles. The second-order valence-corrected chi connectivity index (χ2v) is 8.98. The number of anilines is 1. The zero-order valence-corrected chi connectivity index (χ0v) is 20.7. The highest BCUT2D eigenvalue weighted by atomic mass is 79.9. The smallest absolute Gasteiger partial charge is 0.330 e. The number of carbonyl (C=O) groups excluding carboxylic acids is 2. The van der Waals surface area contributed by atoms with Gasteiger partial charge in [0.05, 0.1) is 19.8 Å². The first-order valence-corrected chi connectivity index (χ1v) is 12.1. The Kier molecular flexibility index (Phi) is 7.53. The molecule has 2 amide bonds. The molecule has 0 saturated carbocycles. The molecule has 1 aliphatic rings. The third-order valence-electron chi connectivity index (χ3n) is 5.85. The van der Waals surface area contributed by atoms with Crippen LogP contribution in [0.2, 0.25) is 0 Å². The van der Waals surface area contributed by atoms with Crippen molar-refractivity contribution in [1.82, 2.24) is 5.32 Å². The number of benzene rings is 3. The number of methoxy groups -OCH3 is 1. The fourth-order valence-electron chi connectivity index (χ4n) is 4.12. The summed E-state index contributed by atoms with van der Waals surface area (Å²) in [6, 6.07) is 21.5. The van der Waals surface area contributed by atoms with Gasteiger partial charge in [0.2, 0.25) is 0 Å². The van der Waals surface area contributed by atoms with Crippen molar-refractivity contribution >= 4 is 33.6 Å². The molecule has 3 aromatic rings. The van der Waals surface area contributed by atoms with E-state index >= 15 is 0 Å². The van der Waals surface area contributed by atoms with E-state index in [1.165, 1.54) is 7.11 Å². The van der Waals surface area contributed by atoms with Crippen LogP contribution in [0.1, 0.15) is 31.4 Å². The molecule has 1 heterocycles. The number of nitrogens with one attached hydrogen (secondary N) is 1. The molecular weight excluding hydrogens is 496 g/mol. The average Bonchev–Trinajstić information content (AvgIpc) is 3.21. The SMILES string of the molecule is CCCCOc1cc(Br)ccc1[C@@H]1[C@H](C(=O)OC)NC(=O)N1c1ccc(-c2ccccc2)cc1. The van der Waals surface area contributed by atoms with Gasteiger partial charge in [-0.25, -0.2) is 9.59 Å². The van der Waals surface area contributed by atoms with E-state index < -0.39 is 18.1 Å². The van der Waals surface area contributed by atoms with E-state index in [2.05, 4.69) is 28.2 Å². The molecule has 1 saturated heterocycles. The summed E-state index contributed by atoms with van der Waals surface area (Å²) < 4.78 is 12.0. The third kappa shape index (κ3) is 4.94. The van der Waals surface area contributed by atoms with Gasteiger partial charge in [0, 0.05) is 15.7 Å². The molecule has 0 unspecified atom stereocenters. The predicted octanol–water partition coefficient (Wildman–Crippen LogP) is 6.11. The molecule has 7 heteroatoms. The molecule has 0 aliphatic carbocycles. The standard InChI is InChI=1S/C27H27BrN2O4/c1-3-4-16-34-23-17-20(28)12-15-22(23)25-24(26(31)33-2)29-27(32)30(25)21-13-10-19(11-14-21)18-8-6-5-7-9-18/h5-15,17,24-25H,3-4,16H2,1-2H3,(H,29,32)/t24-,25-/m1/s1. The number of esters is 1. The number of unbranched alkanes of at least 4 members (excludes halogenated alkanes) is 1. The van der Waals surface area contributed by atoms with Crippen molar-refractivity contribution < 1.29 is 19.1 Å². The number of urea groups is 1. The summed E-state index contributed by atoms with van der Waals surface area (Å²) in [5.41, 5.74) is 3.54. The number of ether oxygens (including phenoxy) is 2. The molecule has 34 heavy (non-hydrogen) atoms. The molecule has 3 aromatic carbocycles. The Bertz CT molecular complexity index is 1150. The van der Waals surface area contributed by atoms with Gasteiger partial charge in [0.25, 0.3) is 0 Å². The summed E-state index contributed by atoms with van der Waals surface area (Å²) in [6.45, 7) is 2.64. The molecule has 0 bridgehead atoms. The van der Waals surface area contributed by atoms with Crippen molar-refractivity contribution in [2.45, 2.75) is 31.8 Å². The molecule has 176 valence electrons. The van der Waals surface area contributed by atoms with Gasteiger partial charge in [-0.15, -0.1) is 0 Å². The van der Waals surface area contributed by atoms with E-state index in [9.17, 15) is 9.59 Å². The Labute approximate surface area is 208 Å². The zero-order valence-electron chi connectivity index (χ0n) is 19.2. The Morgan fingerprint density at radius 2 is 1.74 bits per heavy atom. The summed E-state index contributed by atoms with van der Waals surface area (Å²) in [5.74, 6) is 0.119. The molecule has 6 nitrogen and oxygen atoms in total. The maximum absolute atomic E-state index is 13.1.